The number of aromatic nitrogens is 2. The highest BCUT2D eigenvalue weighted by Gasteiger charge is 2.23. The molecular formula is C24H23N3O4S2. The number of pyridine rings is 1. The summed E-state index contributed by atoms with van der Waals surface area (Å²) < 4.78 is 31.7. The molecule has 0 unspecified atom stereocenters. The lowest BCUT2D eigenvalue weighted by molar-refractivity contribution is -0.118. The topological polar surface area (TPSA) is 89.5 Å². The van der Waals surface area contributed by atoms with Crippen molar-refractivity contribution in [1.29, 1.82) is 0 Å². The number of hydrogen-bond donors (Lipinski definition) is 0. The van der Waals surface area contributed by atoms with E-state index >= 15 is 0 Å². The number of nitrogens with zero attached hydrogens (tertiary/aromatic N) is 3. The average Bonchev–Trinajstić information content (AvgIpc) is 3.24. The fourth-order valence-corrected chi connectivity index (χ4v) is 5.64. The summed E-state index contributed by atoms with van der Waals surface area (Å²) in [7, 11) is -2.11. The van der Waals surface area contributed by atoms with E-state index in [1.54, 1.807) is 29.4 Å². The zero-order valence-corrected chi connectivity index (χ0v) is 19.9. The maximum atomic E-state index is 13.3. The van der Waals surface area contributed by atoms with Crippen LogP contribution in [-0.2, 0) is 21.2 Å². The van der Waals surface area contributed by atoms with E-state index in [9.17, 15) is 13.2 Å². The molecule has 0 atom stereocenters. The number of thiazole rings is 1. The van der Waals surface area contributed by atoms with Crippen molar-refractivity contribution in [2.45, 2.75) is 24.8 Å². The highest BCUT2D eigenvalue weighted by molar-refractivity contribution is 7.91. The van der Waals surface area contributed by atoms with Crippen LogP contribution in [0.1, 0.15) is 17.5 Å². The molecule has 0 radical (unpaired) electrons. The molecule has 7 nitrogen and oxygen atoms in total. The number of ether oxygens (including phenoxy) is 1. The monoisotopic (exact) mass is 481 g/mol. The van der Waals surface area contributed by atoms with Crippen LogP contribution in [-0.4, -0.2) is 37.2 Å². The Balaban J connectivity index is 1.58. The number of benzene rings is 2. The minimum atomic E-state index is -3.63. The smallest absolute Gasteiger partial charge is 0.230 e. The zero-order chi connectivity index (χ0) is 23.4. The van der Waals surface area contributed by atoms with Gasteiger partial charge in [0.05, 0.1) is 34.5 Å². The summed E-state index contributed by atoms with van der Waals surface area (Å²) in [6.07, 6.45) is 3.16. The third-order valence-corrected chi connectivity index (χ3v) is 7.93. The number of hydrogen-bond acceptors (Lipinski definition) is 7. The van der Waals surface area contributed by atoms with Gasteiger partial charge in [-0.2, -0.15) is 0 Å². The van der Waals surface area contributed by atoms with Gasteiger partial charge in [-0.15, -0.1) is 0 Å². The van der Waals surface area contributed by atoms with Gasteiger partial charge in [-0.1, -0.05) is 17.4 Å². The average molecular weight is 482 g/mol. The van der Waals surface area contributed by atoms with E-state index in [-0.39, 0.29) is 29.5 Å². The molecule has 0 N–H and O–H groups in total. The van der Waals surface area contributed by atoms with Gasteiger partial charge < -0.3 is 4.74 Å². The van der Waals surface area contributed by atoms with E-state index in [1.165, 1.54) is 30.6 Å². The van der Waals surface area contributed by atoms with E-state index in [2.05, 4.69) is 9.97 Å². The van der Waals surface area contributed by atoms with Crippen molar-refractivity contribution >= 4 is 42.4 Å². The number of methoxy groups -OCH3 is 1. The van der Waals surface area contributed by atoms with Gasteiger partial charge in [0.25, 0.3) is 0 Å². The summed E-state index contributed by atoms with van der Waals surface area (Å²) >= 11 is 1.42. The van der Waals surface area contributed by atoms with Gasteiger partial charge in [0, 0.05) is 18.8 Å². The van der Waals surface area contributed by atoms with Crippen LogP contribution in [0.15, 0.2) is 71.9 Å². The second-order valence-corrected chi connectivity index (χ2v) is 10.7. The van der Waals surface area contributed by atoms with Crippen molar-refractivity contribution in [3.05, 3.63) is 78.1 Å². The summed E-state index contributed by atoms with van der Waals surface area (Å²) in [5, 5.41) is 0.541. The van der Waals surface area contributed by atoms with Crippen molar-refractivity contribution in [3.8, 4) is 5.75 Å². The largest absolute Gasteiger partial charge is 0.497 e. The molecule has 33 heavy (non-hydrogen) atoms. The van der Waals surface area contributed by atoms with Gasteiger partial charge in [0.1, 0.15) is 5.75 Å². The van der Waals surface area contributed by atoms with Crippen molar-refractivity contribution in [1.82, 2.24) is 9.97 Å². The molecule has 2 aromatic heterocycles. The third kappa shape index (κ3) is 5.37. The molecule has 170 valence electrons. The van der Waals surface area contributed by atoms with E-state index in [0.717, 1.165) is 21.3 Å². The van der Waals surface area contributed by atoms with E-state index in [1.807, 2.05) is 37.3 Å². The normalized spacial score (nSPS) is 11.5. The molecule has 0 fully saturated rings. The van der Waals surface area contributed by atoms with Gasteiger partial charge >= 0.3 is 0 Å². The van der Waals surface area contributed by atoms with E-state index < -0.39 is 9.84 Å². The fourth-order valence-electron chi connectivity index (χ4n) is 3.33. The fraction of sp³-hybridized carbons (Fsp3) is 0.208. The van der Waals surface area contributed by atoms with Crippen molar-refractivity contribution in [3.63, 3.8) is 0 Å². The lowest BCUT2D eigenvalue weighted by Gasteiger charge is -2.20. The van der Waals surface area contributed by atoms with Gasteiger partial charge in [-0.3, -0.25) is 14.7 Å². The Kier molecular flexibility index (Phi) is 6.71. The van der Waals surface area contributed by atoms with Crippen molar-refractivity contribution in [2.24, 2.45) is 0 Å². The summed E-state index contributed by atoms with van der Waals surface area (Å²) in [5.74, 6) is -0.0334. The summed E-state index contributed by atoms with van der Waals surface area (Å²) in [6, 6.07) is 15.7. The number of fused-ring (bicyclic) bond motifs is 1. The predicted molar refractivity (Wildman–Crippen MR) is 129 cm³/mol. The van der Waals surface area contributed by atoms with Crippen LogP contribution in [0, 0.1) is 6.92 Å². The predicted octanol–water partition coefficient (Wildman–Crippen LogP) is 4.41. The van der Waals surface area contributed by atoms with Crippen LogP contribution in [0.2, 0.25) is 0 Å². The molecule has 0 spiro atoms. The third-order valence-electron chi connectivity index (χ3n) is 5.16. The first-order valence-electron chi connectivity index (χ1n) is 10.3. The first-order valence-corrected chi connectivity index (χ1v) is 12.8. The highest BCUT2D eigenvalue weighted by Crippen LogP contribution is 2.31. The number of carbonyl (C=O) groups is 1. The lowest BCUT2D eigenvalue weighted by atomic mass is 10.2. The second kappa shape index (κ2) is 9.68. The van der Waals surface area contributed by atoms with Crippen LogP contribution < -0.4 is 9.64 Å². The standard InChI is InChI=1S/C24H23N3O4S2/c1-17-3-8-21-22(15-17)32-24(26-21)27(16-18-9-12-25-13-10-18)23(28)11-14-33(29,30)20-6-4-19(31-2)5-7-20/h3-10,12-13,15H,11,14,16H2,1-2H3. The molecule has 0 bridgehead atoms. The Bertz CT molecular complexity index is 1370. The molecule has 2 heterocycles. The molecular weight excluding hydrogens is 458 g/mol. The highest BCUT2D eigenvalue weighted by atomic mass is 32.2. The molecule has 0 saturated heterocycles. The molecule has 4 aromatic rings. The molecule has 0 saturated carbocycles. The first kappa shape index (κ1) is 22.9. The molecule has 1 amide bonds. The van der Waals surface area contributed by atoms with Gasteiger partial charge in [-0.05, 0) is 66.6 Å². The van der Waals surface area contributed by atoms with Crippen LogP contribution in [0.3, 0.4) is 0 Å². The van der Waals surface area contributed by atoms with Crippen LogP contribution in [0.4, 0.5) is 5.13 Å². The second-order valence-electron chi connectivity index (χ2n) is 7.55. The Morgan fingerprint density at radius 2 is 1.79 bits per heavy atom. The molecule has 0 aliphatic carbocycles. The number of anilines is 1. The molecule has 9 heteroatoms. The summed E-state index contributed by atoms with van der Waals surface area (Å²) in [4.78, 5) is 23.6. The Hall–Kier alpha value is -3.30. The molecule has 0 aliphatic rings. The minimum Gasteiger partial charge on any atom is -0.497 e. The number of rotatable bonds is 8. The van der Waals surface area contributed by atoms with Crippen LogP contribution in [0.5, 0.6) is 5.75 Å². The minimum absolute atomic E-state index is 0.158. The van der Waals surface area contributed by atoms with Crippen LogP contribution >= 0.6 is 11.3 Å². The van der Waals surface area contributed by atoms with E-state index in [0.29, 0.717) is 10.9 Å². The summed E-state index contributed by atoms with van der Waals surface area (Å²) in [5.41, 5.74) is 2.79. The van der Waals surface area contributed by atoms with Gasteiger partial charge in [-0.25, -0.2) is 13.4 Å². The molecule has 4 rings (SSSR count). The number of carbonyl (C=O) groups excluding carboxylic acids is 1. The van der Waals surface area contributed by atoms with Gasteiger partial charge in [0.15, 0.2) is 15.0 Å². The zero-order valence-electron chi connectivity index (χ0n) is 18.3. The molecule has 2 aromatic carbocycles. The summed E-state index contributed by atoms with van der Waals surface area (Å²) in [6.45, 7) is 2.28. The Morgan fingerprint density at radius 1 is 1.06 bits per heavy atom. The number of aryl methyl sites for hydroxylation is 1. The van der Waals surface area contributed by atoms with E-state index in [4.69, 9.17) is 4.74 Å². The number of sulfone groups is 1. The maximum Gasteiger partial charge on any atom is 0.230 e. The maximum absolute atomic E-state index is 13.3. The Morgan fingerprint density at radius 3 is 2.48 bits per heavy atom. The Labute approximate surface area is 196 Å². The van der Waals surface area contributed by atoms with Gasteiger partial charge in [0.2, 0.25) is 5.91 Å². The van der Waals surface area contributed by atoms with Crippen LogP contribution in [0.25, 0.3) is 10.2 Å². The van der Waals surface area contributed by atoms with Crippen molar-refractivity contribution < 1.29 is 17.9 Å². The van der Waals surface area contributed by atoms with Crippen molar-refractivity contribution in [2.75, 3.05) is 17.8 Å². The molecule has 0 aliphatic heterocycles. The quantitative estimate of drug-likeness (QED) is 0.370. The number of amides is 1. The lowest BCUT2D eigenvalue weighted by Crippen LogP contribution is -2.31. The SMILES string of the molecule is COc1ccc(S(=O)(=O)CCC(=O)N(Cc2ccncc2)c2nc3ccc(C)cc3s2)cc1. The first-order chi connectivity index (χ1) is 15.9.